The summed E-state index contributed by atoms with van der Waals surface area (Å²) >= 11 is 0. The van der Waals surface area contributed by atoms with Crippen LogP contribution in [-0.4, -0.2) is 71.3 Å². The van der Waals surface area contributed by atoms with Gasteiger partial charge in [0.25, 0.3) is 5.91 Å². The van der Waals surface area contributed by atoms with Crippen LogP contribution < -0.4 is 16.0 Å². The first-order valence-electron chi connectivity index (χ1n) is 13.8. The first-order valence-corrected chi connectivity index (χ1v) is 13.8. The van der Waals surface area contributed by atoms with Crippen LogP contribution in [0.15, 0.2) is 54.7 Å². The van der Waals surface area contributed by atoms with Crippen LogP contribution in [0.4, 0.5) is 4.79 Å². The lowest BCUT2D eigenvalue weighted by Crippen LogP contribution is -2.52. The van der Waals surface area contributed by atoms with Crippen LogP contribution in [0.5, 0.6) is 0 Å². The van der Waals surface area contributed by atoms with E-state index in [1.54, 1.807) is 18.2 Å². The molecule has 1 aliphatic heterocycles. The van der Waals surface area contributed by atoms with Gasteiger partial charge in [-0.05, 0) is 42.4 Å². The molecule has 1 unspecified atom stereocenters. The van der Waals surface area contributed by atoms with Gasteiger partial charge in [0.15, 0.2) is 5.78 Å². The Morgan fingerprint density at radius 1 is 0.975 bits per heavy atom. The normalized spacial score (nSPS) is 16.9. The fourth-order valence-electron chi connectivity index (χ4n) is 4.72. The maximum atomic E-state index is 13.2. The lowest BCUT2D eigenvalue weighted by Gasteiger charge is -2.26. The number of hydrogen-bond donors (Lipinski definition) is 3. The van der Waals surface area contributed by atoms with E-state index in [2.05, 4.69) is 34.8 Å². The lowest BCUT2D eigenvalue weighted by molar-refractivity contribution is -0.127. The van der Waals surface area contributed by atoms with Gasteiger partial charge in [0.2, 0.25) is 5.91 Å². The lowest BCUT2D eigenvalue weighted by atomic mass is 10.0. The molecule has 3 N–H and O–H groups in total. The Morgan fingerprint density at radius 2 is 1.68 bits per heavy atom. The van der Waals surface area contributed by atoms with Gasteiger partial charge in [0.1, 0.15) is 24.4 Å². The molecule has 1 aromatic carbocycles. The number of nitrogens with zero attached hydrogens (tertiary/aromatic N) is 2. The van der Waals surface area contributed by atoms with Crippen LogP contribution in [0, 0.1) is 11.8 Å². The average Bonchev–Trinajstić information content (AvgIpc) is 3.25. The van der Waals surface area contributed by atoms with Crippen LogP contribution in [0.25, 0.3) is 0 Å². The van der Waals surface area contributed by atoms with Gasteiger partial charge in [-0.25, -0.2) is 4.79 Å². The van der Waals surface area contributed by atoms with Crippen molar-refractivity contribution in [1.82, 2.24) is 25.8 Å². The summed E-state index contributed by atoms with van der Waals surface area (Å²) in [7, 11) is 0. The molecule has 3 amide bonds. The van der Waals surface area contributed by atoms with Crippen molar-refractivity contribution in [1.29, 1.82) is 0 Å². The quantitative estimate of drug-likeness (QED) is 0.349. The van der Waals surface area contributed by atoms with E-state index in [1.165, 1.54) is 6.20 Å². The number of ketones is 1. The highest BCUT2D eigenvalue weighted by atomic mass is 16.5. The Balaban J connectivity index is 1.55. The molecule has 0 bridgehead atoms. The minimum Gasteiger partial charge on any atom is -0.445 e. The third-order valence-electron chi connectivity index (χ3n) is 6.52. The number of aromatic nitrogens is 1. The number of carbonyl (C=O) groups excluding carboxylic acids is 4. The monoisotopic (exact) mass is 551 g/mol. The summed E-state index contributed by atoms with van der Waals surface area (Å²) < 4.78 is 5.39. The molecule has 3 rings (SSSR count). The van der Waals surface area contributed by atoms with E-state index in [4.69, 9.17) is 4.74 Å². The van der Waals surface area contributed by atoms with Crippen LogP contribution in [0.3, 0.4) is 0 Å². The smallest absolute Gasteiger partial charge is 0.407 e. The van der Waals surface area contributed by atoms with E-state index in [9.17, 15) is 19.2 Å². The van der Waals surface area contributed by atoms with Crippen molar-refractivity contribution < 1.29 is 23.9 Å². The number of nitrogens with one attached hydrogen (secondary N) is 3. The minimum absolute atomic E-state index is 0.109. The van der Waals surface area contributed by atoms with Crippen molar-refractivity contribution in [2.24, 2.45) is 11.8 Å². The number of hydrogen-bond acceptors (Lipinski definition) is 7. The van der Waals surface area contributed by atoms with Gasteiger partial charge in [-0.3, -0.25) is 24.3 Å². The summed E-state index contributed by atoms with van der Waals surface area (Å²) in [6, 6.07) is 12.7. The summed E-state index contributed by atoms with van der Waals surface area (Å²) in [4.78, 5) is 57.1. The molecule has 2 aromatic rings. The van der Waals surface area contributed by atoms with Crippen molar-refractivity contribution in [3.05, 3.63) is 66.0 Å². The summed E-state index contributed by atoms with van der Waals surface area (Å²) in [6.07, 6.45) is 2.13. The van der Waals surface area contributed by atoms with Crippen LogP contribution in [0.1, 0.15) is 56.6 Å². The molecule has 0 saturated carbocycles. The second-order valence-corrected chi connectivity index (χ2v) is 11.1. The number of pyridine rings is 1. The molecule has 40 heavy (non-hydrogen) atoms. The van der Waals surface area contributed by atoms with Crippen molar-refractivity contribution in [3.63, 3.8) is 0 Å². The maximum absolute atomic E-state index is 13.2. The highest BCUT2D eigenvalue weighted by Gasteiger charge is 2.35. The van der Waals surface area contributed by atoms with E-state index in [0.29, 0.717) is 31.8 Å². The van der Waals surface area contributed by atoms with E-state index in [-0.39, 0.29) is 36.6 Å². The minimum atomic E-state index is -0.800. The number of ether oxygens (including phenoxy) is 1. The third-order valence-corrected chi connectivity index (χ3v) is 6.52. The zero-order chi connectivity index (χ0) is 29.1. The number of Topliss-reactive ketones (excluding diaryl/α,β-unsaturated/α-hetero) is 1. The van der Waals surface area contributed by atoms with Gasteiger partial charge in [0.05, 0.1) is 6.54 Å². The number of carbonyl (C=O) groups is 4. The molecule has 0 radical (unpaired) electrons. The molecule has 10 heteroatoms. The zero-order valence-electron chi connectivity index (χ0n) is 23.8. The van der Waals surface area contributed by atoms with E-state index in [0.717, 1.165) is 5.56 Å². The highest BCUT2D eigenvalue weighted by molar-refractivity contribution is 5.98. The molecule has 1 saturated heterocycles. The second kappa shape index (κ2) is 15.1. The third kappa shape index (κ3) is 10.1. The SMILES string of the molecule is CC(C)C[C@@H](CN1CC(=O)C(NC(=O)[C@H](CC(C)C)NC(=O)c2ccccn2)C1)NC(=O)OCc1ccccc1. The predicted molar refractivity (Wildman–Crippen MR) is 151 cm³/mol. The Morgan fingerprint density at radius 3 is 2.33 bits per heavy atom. The Bertz CT molecular complexity index is 1130. The van der Waals surface area contributed by atoms with Crippen molar-refractivity contribution in [2.45, 2.75) is 65.3 Å². The van der Waals surface area contributed by atoms with Gasteiger partial charge in [-0.2, -0.15) is 0 Å². The first kappa shape index (κ1) is 30.7. The molecule has 1 fully saturated rings. The average molecular weight is 552 g/mol. The first-order chi connectivity index (χ1) is 19.1. The number of rotatable bonds is 13. The van der Waals surface area contributed by atoms with Gasteiger partial charge in [0, 0.05) is 25.3 Å². The number of likely N-dealkylation sites (tertiary alicyclic amines) is 1. The molecular formula is C30H41N5O5. The Kier molecular flexibility index (Phi) is 11.6. The predicted octanol–water partition coefficient (Wildman–Crippen LogP) is 2.94. The molecular weight excluding hydrogens is 510 g/mol. The topological polar surface area (TPSA) is 130 Å². The second-order valence-electron chi connectivity index (χ2n) is 11.1. The molecule has 1 aromatic heterocycles. The zero-order valence-corrected chi connectivity index (χ0v) is 23.8. The fraction of sp³-hybridized carbons (Fsp3) is 0.500. The summed E-state index contributed by atoms with van der Waals surface area (Å²) in [5, 5.41) is 8.54. The molecule has 2 heterocycles. The molecule has 0 aliphatic carbocycles. The van der Waals surface area contributed by atoms with Gasteiger partial charge >= 0.3 is 6.09 Å². The summed E-state index contributed by atoms with van der Waals surface area (Å²) in [5.74, 6) is -0.502. The Labute approximate surface area is 236 Å². The van der Waals surface area contributed by atoms with Crippen molar-refractivity contribution >= 4 is 23.7 Å². The Hall–Kier alpha value is -3.79. The molecule has 1 aliphatic rings. The molecule has 0 spiro atoms. The summed E-state index contributed by atoms with van der Waals surface area (Å²) in [5.41, 5.74) is 1.12. The number of alkyl carbamates (subject to hydrolysis) is 1. The van der Waals surface area contributed by atoms with Gasteiger partial charge < -0.3 is 20.7 Å². The van der Waals surface area contributed by atoms with Gasteiger partial charge in [-0.1, -0.05) is 64.1 Å². The van der Waals surface area contributed by atoms with Gasteiger partial charge in [-0.15, -0.1) is 0 Å². The molecule has 10 nitrogen and oxygen atoms in total. The van der Waals surface area contributed by atoms with E-state index in [1.807, 2.05) is 49.1 Å². The van der Waals surface area contributed by atoms with Crippen molar-refractivity contribution in [3.8, 4) is 0 Å². The van der Waals surface area contributed by atoms with Crippen LogP contribution >= 0.6 is 0 Å². The standard InChI is InChI=1S/C30H41N5O5/c1-20(2)14-23(32-30(39)40-19-22-10-6-5-7-11-22)16-35-17-26(27(36)18-35)34-29(38)25(15-21(3)4)33-28(37)24-12-8-9-13-31-24/h5-13,20-21,23,25-26H,14-19H2,1-4H3,(H,32,39)(H,33,37)(H,34,38)/t23-,25-,26?/m0/s1. The summed E-state index contributed by atoms with van der Waals surface area (Å²) in [6.45, 7) is 9.16. The molecule has 3 atom stereocenters. The van der Waals surface area contributed by atoms with E-state index < -0.39 is 30.0 Å². The largest absolute Gasteiger partial charge is 0.445 e. The number of benzene rings is 1. The van der Waals surface area contributed by atoms with Crippen molar-refractivity contribution in [2.75, 3.05) is 19.6 Å². The van der Waals surface area contributed by atoms with Crippen LogP contribution in [0.2, 0.25) is 0 Å². The fourth-order valence-corrected chi connectivity index (χ4v) is 4.72. The number of amides is 3. The molecule has 216 valence electrons. The maximum Gasteiger partial charge on any atom is 0.407 e. The highest BCUT2D eigenvalue weighted by Crippen LogP contribution is 2.13. The van der Waals surface area contributed by atoms with E-state index >= 15 is 0 Å². The van der Waals surface area contributed by atoms with Crippen LogP contribution in [-0.2, 0) is 20.9 Å².